The molecule has 1 aromatic rings. The van der Waals surface area contributed by atoms with Crippen molar-refractivity contribution in [3.63, 3.8) is 0 Å². The molecular formula is C14H22N2O2. The van der Waals surface area contributed by atoms with Gasteiger partial charge < -0.3 is 14.8 Å². The van der Waals surface area contributed by atoms with E-state index >= 15 is 0 Å². The maximum absolute atomic E-state index is 5.82. The van der Waals surface area contributed by atoms with Crippen molar-refractivity contribution in [2.45, 2.75) is 38.8 Å². The van der Waals surface area contributed by atoms with Gasteiger partial charge in [0.25, 0.3) is 0 Å². The van der Waals surface area contributed by atoms with Crippen LogP contribution in [0, 0.1) is 6.92 Å². The fraction of sp³-hybridized carbons (Fsp3) is 0.643. The smallest absolute Gasteiger partial charge is 0.142 e. The Morgan fingerprint density at radius 1 is 1.50 bits per heavy atom. The highest BCUT2D eigenvalue weighted by Crippen LogP contribution is 2.19. The number of nitrogens with one attached hydrogen (secondary N) is 1. The number of hydrogen-bond acceptors (Lipinski definition) is 4. The highest BCUT2D eigenvalue weighted by atomic mass is 16.5. The van der Waals surface area contributed by atoms with Gasteiger partial charge in [-0.15, -0.1) is 0 Å². The topological polar surface area (TPSA) is 43.4 Å². The van der Waals surface area contributed by atoms with E-state index < -0.39 is 0 Å². The van der Waals surface area contributed by atoms with E-state index in [2.05, 4.69) is 10.3 Å². The highest BCUT2D eigenvalue weighted by Gasteiger charge is 2.15. The summed E-state index contributed by atoms with van der Waals surface area (Å²) >= 11 is 0. The van der Waals surface area contributed by atoms with Crippen molar-refractivity contribution in [2.24, 2.45) is 0 Å². The average Bonchev–Trinajstić information content (AvgIpc) is 2.85. The normalized spacial score (nSPS) is 19.1. The lowest BCUT2D eigenvalue weighted by Crippen LogP contribution is -2.13. The van der Waals surface area contributed by atoms with E-state index in [0.29, 0.717) is 12.7 Å². The first kappa shape index (κ1) is 13.3. The first-order chi connectivity index (χ1) is 8.79. The van der Waals surface area contributed by atoms with E-state index in [4.69, 9.17) is 9.47 Å². The molecule has 1 atom stereocenters. The van der Waals surface area contributed by atoms with Gasteiger partial charge in [-0.1, -0.05) is 0 Å². The Hall–Kier alpha value is -1.13. The summed E-state index contributed by atoms with van der Waals surface area (Å²) in [6.07, 6.45) is 3.70. The number of nitrogens with zero attached hydrogens (tertiary/aromatic N) is 1. The van der Waals surface area contributed by atoms with Gasteiger partial charge in [0.15, 0.2) is 0 Å². The van der Waals surface area contributed by atoms with Gasteiger partial charge in [-0.25, -0.2) is 0 Å². The molecule has 1 aliphatic heterocycles. The molecule has 18 heavy (non-hydrogen) atoms. The van der Waals surface area contributed by atoms with Gasteiger partial charge in [0, 0.05) is 25.3 Å². The first-order valence-electron chi connectivity index (χ1n) is 6.65. The molecule has 4 heteroatoms. The second-order valence-electron chi connectivity index (χ2n) is 4.70. The van der Waals surface area contributed by atoms with Gasteiger partial charge in [0.05, 0.1) is 18.4 Å². The fourth-order valence-corrected chi connectivity index (χ4v) is 2.20. The lowest BCUT2D eigenvalue weighted by Gasteiger charge is -2.13. The predicted molar refractivity (Wildman–Crippen MR) is 70.8 cm³/mol. The standard InChI is InChI=1S/C14H22N2O2/c1-11-5-6-14(13(16-11)10-15-2)18-9-7-12-4-3-8-17-12/h5-6,12,15H,3-4,7-10H2,1-2H3. The fourth-order valence-electron chi connectivity index (χ4n) is 2.20. The van der Waals surface area contributed by atoms with Gasteiger partial charge >= 0.3 is 0 Å². The molecule has 1 aliphatic rings. The largest absolute Gasteiger partial charge is 0.492 e. The Bertz CT molecular complexity index is 376. The summed E-state index contributed by atoms with van der Waals surface area (Å²) in [5.74, 6) is 0.882. The van der Waals surface area contributed by atoms with Crippen LogP contribution in [-0.4, -0.2) is 31.3 Å². The quantitative estimate of drug-likeness (QED) is 0.839. The van der Waals surface area contributed by atoms with Crippen molar-refractivity contribution >= 4 is 0 Å². The zero-order valence-corrected chi connectivity index (χ0v) is 11.2. The van der Waals surface area contributed by atoms with E-state index in [-0.39, 0.29) is 0 Å². The molecular weight excluding hydrogens is 228 g/mol. The number of pyridine rings is 1. The summed E-state index contributed by atoms with van der Waals surface area (Å²) in [4.78, 5) is 4.49. The lowest BCUT2D eigenvalue weighted by molar-refractivity contribution is 0.0901. The minimum absolute atomic E-state index is 0.385. The number of hydrogen-bond donors (Lipinski definition) is 1. The number of aryl methyl sites for hydroxylation is 1. The maximum Gasteiger partial charge on any atom is 0.142 e. The minimum atomic E-state index is 0.385. The van der Waals surface area contributed by atoms with Gasteiger partial charge in [-0.3, -0.25) is 4.98 Å². The Morgan fingerprint density at radius 2 is 2.39 bits per heavy atom. The van der Waals surface area contributed by atoms with Crippen LogP contribution < -0.4 is 10.1 Å². The third kappa shape index (κ3) is 3.68. The van der Waals surface area contributed by atoms with Gasteiger partial charge in [-0.05, 0) is 38.9 Å². The van der Waals surface area contributed by atoms with Crippen LogP contribution in [0.4, 0.5) is 0 Å². The second kappa shape index (κ2) is 6.71. The first-order valence-corrected chi connectivity index (χ1v) is 6.65. The molecule has 100 valence electrons. The summed E-state index contributed by atoms with van der Waals surface area (Å²) < 4.78 is 11.4. The SMILES string of the molecule is CNCc1nc(C)ccc1OCCC1CCCO1. The third-order valence-corrected chi connectivity index (χ3v) is 3.14. The van der Waals surface area contributed by atoms with Crippen molar-refractivity contribution in [1.82, 2.24) is 10.3 Å². The average molecular weight is 250 g/mol. The third-order valence-electron chi connectivity index (χ3n) is 3.14. The van der Waals surface area contributed by atoms with Crippen LogP contribution >= 0.6 is 0 Å². The van der Waals surface area contributed by atoms with Crippen LogP contribution in [0.5, 0.6) is 5.75 Å². The molecule has 4 nitrogen and oxygen atoms in total. The molecule has 1 saturated heterocycles. The van der Waals surface area contributed by atoms with Gasteiger partial charge in [0.2, 0.25) is 0 Å². The summed E-state index contributed by atoms with van der Waals surface area (Å²) in [5, 5.41) is 3.12. The zero-order chi connectivity index (χ0) is 12.8. The van der Waals surface area contributed by atoms with Crippen LogP contribution in [0.3, 0.4) is 0 Å². The predicted octanol–water partition coefficient (Wildman–Crippen LogP) is 2.06. The number of rotatable bonds is 6. The van der Waals surface area contributed by atoms with Crippen molar-refractivity contribution in [3.8, 4) is 5.75 Å². The summed E-state index contributed by atoms with van der Waals surface area (Å²) in [6.45, 7) is 4.33. The minimum Gasteiger partial charge on any atom is -0.492 e. The molecule has 2 rings (SSSR count). The van der Waals surface area contributed by atoms with Gasteiger partial charge in [-0.2, -0.15) is 0 Å². The van der Waals surface area contributed by atoms with Crippen LogP contribution in [-0.2, 0) is 11.3 Å². The summed E-state index contributed by atoms with van der Waals surface area (Å²) in [7, 11) is 1.92. The number of ether oxygens (including phenoxy) is 2. The number of aromatic nitrogens is 1. The molecule has 0 aliphatic carbocycles. The van der Waals surface area contributed by atoms with Crippen molar-refractivity contribution < 1.29 is 9.47 Å². The van der Waals surface area contributed by atoms with E-state index in [1.54, 1.807) is 0 Å². The Balaban J connectivity index is 1.87. The molecule has 1 aromatic heterocycles. The zero-order valence-electron chi connectivity index (χ0n) is 11.2. The van der Waals surface area contributed by atoms with E-state index in [9.17, 15) is 0 Å². The monoisotopic (exact) mass is 250 g/mol. The molecule has 1 unspecified atom stereocenters. The Labute approximate surface area is 109 Å². The second-order valence-corrected chi connectivity index (χ2v) is 4.70. The molecule has 0 bridgehead atoms. The molecule has 1 N–H and O–H groups in total. The van der Waals surface area contributed by atoms with Gasteiger partial charge in [0.1, 0.15) is 5.75 Å². The van der Waals surface area contributed by atoms with E-state index in [1.165, 1.54) is 12.8 Å². The van der Waals surface area contributed by atoms with Crippen molar-refractivity contribution in [2.75, 3.05) is 20.3 Å². The summed E-state index contributed by atoms with van der Waals surface area (Å²) in [6, 6.07) is 3.99. The van der Waals surface area contributed by atoms with Crippen LogP contribution in [0.15, 0.2) is 12.1 Å². The van der Waals surface area contributed by atoms with E-state index in [0.717, 1.165) is 36.7 Å². The van der Waals surface area contributed by atoms with Crippen LogP contribution in [0.25, 0.3) is 0 Å². The maximum atomic E-state index is 5.82. The van der Waals surface area contributed by atoms with Crippen molar-refractivity contribution in [1.29, 1.82) is 0 Å². The van der Waals surface area contributed by atoms with Crippen LogP contribution in [0.1, 0.15) is 30.7 Å². The Morgan fingerprint density at radius 3 is 3.11 bits per heavy atom. The molecule has 0 spiro atoms. The summed E-state index contributed by atoms with van der Waals surface area (Å²) in [5.41, 5.74) is 2.00. The molecule has 0 aromatic carbocycles. The Kier molecular flexibility index (Phi) is 4.96. The van der Waals surface area contributed by atoms with Crippen molar-refractivity contribution in [3.05, 3.63) is 23.5 Å². The lowest BCUT2D eigenvalue weighted by atomic mass is 10.2. The molecule has 1 fully saturated rings. The molecule has 0 radical (unpaired) electrons. The van der Waals surface area contributed by atoms with E-state index in [1.807, 2.05) is 26.1 Å². The molecule has 0 saturated carbocycles. The molecule has 2 heterocycles. The molecule has 0 amide bonds. The van der Waals surface area contributed by atoms with Crippen LogP contribution in [0.2, 0.25) is 0 Å². The highest BCUT2D eigenvalue weighted by molar-refractivity contribution is 5.29.